The molecule has 23 heavy (non-hydrogen) atoms. The molecule has 1 amide bonds. The predicted molar refractivity (Wildman–Crippen MR) is 99.8 cm³/mol. The molecule has 1 aromatic rings. The van der Waals surface area contributed by atoms with E-state index in [1.54, 1.807) is 13.8 Å². The van der Waals surface area contributed by atoms with Crippen LogP contribution in [0.1, 0.15) is 43.4 Å². The smallest absolute Gasteiger partial charge is 0.242 e. The third-order valence-corrected chi connectivity index (χ3v) is 4.46. The van der Waals surface area contributed by atoms with Crippen LogP contribution >= 0.6 is 12.4 Å². The minimum atomic E-state index is -0.763. The zero-order valence-corrected chi connectivity index (χ0v) is 15.5. The van der Waals surface area contributed by atoms with Crippen LogP contribution in [0.25, 0.3) is 6.08 Å². The number of nitrogens with two attached hydrogens (primary N) is 1. The fourth-order valence-corrected chi connectivity index (χ4v) is 3.03. The average molecular weight is 337 g/mol. The number of hydrogen-bond donors (Lipinski definition) is 1. The first-order chi connectivity index (χ1) is 10.3. The molecule has 0 spiro atoms. The quantitative estimate of drug-likeness (QED) is 0.914. The first-order valence-electron chi connectivity index (χ1n) is 8.11. The molecule has 0 atom stereocenters. The molecule has 1 heterocycles. The van der Waals surface area contributed by atoms with Gasteiger partial charge in [0.15, 0.2) is 0 Å². The highest BCUT2D eigenvalue weighted by atomic mass is 35.5. The maximum atomic E-state index is 12.2. The number of likely N-dealkylation sites (tertiary alicyclic amines) is 1. The van der Waals surface area contributed by atoms with E-state index in [9.17, 15) is 4.79 Å². The maximum Gasteiger partial charge on any atom is 0.242 e. The lowest BCUT2D eigenvalue weighted by atomic mass is 9.93. The normalized spacial score (nSPS) is 16.5. The molecular weight excluding hydrogens is 308 g/mol. The van der Waals surface area contributed by atoms with E-state index in [0.717, 1.165) is 25.9 Å². The van der Waals surface area contributed by atoms with Gasteiger partial charge in [-0.1, -0.05) is 30.4 Å². The van der Waals surface area contributed by atoms with Gasteiger partial charge < -0.3 is 10.6 Å². The third kappa shape index (κ3) is 5.08. The van der Waals surface area contributed by atoms with Crippen LogP contribution in [-0.4, -0.2) is 29.4 Å². The van der Waals surface area contributed by atoms with E-state index in [1.807, 2.05) is 4.90 Å². The molecule has 1 aliphatic rings. The van der Waals surface area contributed by atoms with Gasteiger partial charge in [0.1, 0.15) is 0 Å². The van der Waals surface area contributed by atoms with Gasteiger partial charge in [0.25, 0.3) is 0 Å². The van der Waals surface area contributed by atoms with E-state index in [-0.39, 0.29) is 18.3 Å². The molecule has 2 N–H and O–H groups in total. The van der Waals surface area contributed by atoms with Crippen LogP contribution in [0, 0.1) is 19.8 Å². The van der Waals surface area contributed by atoms with E-state index in [1.165, 1.54) is 16.7 Å². The van der Waals surface area contributed by atoms with Gasteiger partial charge in [0.05, 0.1) is 5.54 Å². The standard InChI is InChI=1S/C19H28N2O.ClH/c1-14-6-5-7-15(2)17(14)9-8-16-10-12-21(13-11-16)18(22)19(3,4)20;/h5-9,16H,10-13,20H2,1-4H3;1H/b9-8+;. The molecule has 0 bridgehead atoms. The van der Waals surface area contributed by atoms with Crippen molar-refractivity contribution in [3.05, 3.63) is 41.0 Å². The number of carbonyl (C=O) groups excluding carboxylic acids is 1. The SMILES string of the molecule is Cc1cccc(C)c1/C=C/C1CCN(C(=O)C(C)(C)N)CC1.Cl. The van der Waals surface area contributed by atoms with Crippen molar-refractivity contribution in [1.29, 1.82) is 0 Å². The second-order valence-corrected chi connectivity index (χ2v) is 7.02. The minimum absolute atomic E-state index is 0. The Balaban J connectivity index is 0.00000264. The summed E-state index contributed by atoms with van der Waals surface area (Å²) < 4.78 is 0. The lowest BCUT2D eigenvalue weighted by Crippen LogP contribution is -2.53. The van der Waals surface area contributed by atoms with E-state index in [4.69, 9.17) is 5.73 Å². The summed E-state index contributed by atoms with van der Waals surface area (Å²) >= 11 is 0. The molecule has 0 saturated carbocycles. The number of halogens is 1. The summed E-state index contributed by atoms with van der Waals surface area (Å²) in [6.07, 6.45) is 6.59. The Labute approximate surface area is 146 Å². The molecule has 1 aromatic carbocycles. The molecule has 0 aliphatic carbocycles. The monoisotopic (exact) mass is 336 g/mol. The summed E-state index contributed by atoms with van der Waals surface area (Å²) in [5.74, 6) is 0.605. The highest BCUT2D eigenvalue weighted by Crippen LogP contribution is 2.23. The highest BCUT2D eigenvalue weighted by Gasteiger charge is 2.30. The fraction of sp³-hybridized carbons (Fsp3) is 0.526. The van der Waals surface area contributed by atoms with Crippen molar-refractivity contribution < 1.29 is 4.79 Å². The van der Waals surface area contributed by atoms with Crippen LogP contribution in [0.15, 0.2) is 24.3 Å². The Morgan fingerprint density at radius 1 is 1.22 bits per heavy atom. The van der Waals surface area contributed by atoms with Crippen molar-refractivity contribution in [3.63, 3.8) is 0 Å². The van der Waals surface area contributed by atoms with Gasteiger partial charge in [-0.05, 0) is 63.1 Å². The summed E-state index contributed by atoms with van der Waals surface area (Å²) in [4.78, 5) is 14.1. The average Bonchev–Trinajstić information content (AvgIpc) is 2.46. The predicted octanol–water partition coefficient (Wildman–Crippen LogP) is 3.71. The molecule has 2 rings (SSSR count). The number of allylic oxidation sites excluding steroid dienone is 1. The van der Waals surface area contributed by atoms with Gasteiger partial charge in [0.2, 0.25) is 5.91 Å². The first-order valence-corrected chi connectivity index (χ1v) is 8.11. The topological polar surface area (TPSA) is 46.3 Å². The lowest BCUT2D eigenvalue weighted by Gasteiger charge is -2.34. The molecule has 128 valence electrons. The maximum absolute atomic E-state index is 12.2. The summed E-state index contributed by atoms with van der Waals surface area (Å²) in [5, 5.41) is 0. The minimum Gasteiger partial charge on any atom is -0.341 e. The van der Waals surface area contributed by atoms with Crippen LogP contribution in [-0.2, 0) is 4.79 Å². The van der Waals surface area contributed by atoms with E-state index in [0.29, 0.717) is 5.92 Å². The molecule has 1 saturated heterocycles. The first kappa shape index (κ1) is 19.7. The van der Waals surface area contributed by atoms with Gasteiger partial charge in [0, 0.05) is 13.1 Å². The summed E-state index contributed by atoms with van der Waals surface area (Å²) in [6.45, 7) is 9.47. The van der Waals surface area contributed by atoms with E-state index in [2.05, 4.69) is 44.2 Å². The Kier molecular flexibility index (Phi) is 6.84. The second kappa shape index (κ2) is 7.98. The molecule has 3 nitrogen and oxygen atoms in total. The fourth-order valence-electron chi connectivity index (χ4n) is 3.03. The lowest BCUT2D eigenvalue weighted by molar-refractivity contribution is -0.137. The number of rotatable bonds is 3. The second-order valence-electron chi connectivity index (χ2n) is 7.02. The molecule has 0 radical (unpaired) electrons. The van der Waals surface area contributed by atoms with Gasteiger partial charge in [-0.3, -0.25) is 4.79 Å². The van der Waals surface area contributed by atoms with E-state index < -0.39 is 5.54 Å². The van der Waals surface area contributed by atoms with Crippen molar-refractivity contribution >= 4 is 24.4 Å². The molecule has 0 unspecified atom stereocenters. The van der Waals surface area contributed by atoms with Crippen LogP contribution < -0.4 is 5.73 Å². The van der Waals surface area contributed by atoms with Gasteiger partial charge in [-0.2, -0.15) is 0 Å². The molecule has 4 heteroatoms. The Bertz CT molecular complexity index is 547. The number of amides is 1. The van der Waals surface area contributed by atoms with Crippen molar-refractivity contribution in [3.8, 4) is 0 Å². The zero-order chi connectivity index (χ0) is 16.3. The number of hydrogen-bond acceptors (Lipinski definition) is 2. The number of benzene rings is 1. The number of piperidine rings is 1. The largest absolute Gasteiger partial charge is 0.341 e. The Hall–Kier alpha value is -1.32. The van der Waals surface area contributed by atoms with E-state index >= 15 is 0 Å². The zero-order valence-electron chi connectivity index (χ0n) is 14.6. The third-order valence-electron chi connectivity index (χ3n) is 4.46. The molecular formula is C19H29ClN2O. The van der Waals surface area contributed by atoms with Crippen LogP contribution in [0.3, 0.4) is 0 Å². The van der Waals surface area contributed by atoms with Gasteiger partial charge >= 0.3 is 0 Å². The molecule has 1 fully saturated rings. The van der Waals surface area contributed by atoms with Crippen LogP contribution in [0.2, 0.25) is 0 Å². The summed E-state index contributed by atoms with van der Waals surface area (Å²) in [7, 11) is 0. The van der Waals surface area contributed by atoms with Crippen LogP contribution in [0.5, 0.6) is 0 Å². The Morgan fingerprint density at radius 3 is 2.22 bits per heavy atom. The Morgan fingerprint density at radius 2 is 1.74 bits per heavy atom. The van der Waals surface area contributed by atoms with Crippen molar-refractivity contribution in [2.24, 2.45) is 11.7 Å². The molecule has 1 aliphatic heterocycles. The number of aryl methyl sites for hydroxylation is 2. The number of nitrogens with zero attached hydrogens (tertiary/aromatic N) is 1. The number of carbonyl (C=O) groups is 1. The summed E-state index contributed by atoms with van der Waals surface area (Å²) in [6, 6.07) is 6.40. The summed E-state index contributed by atoms with van der Waals surface area (Å²) in [5.41, 5.74) is 9.09. The van der Waals surface area contributed by atoms with Gasteiger partial charge in [-0.15, -0.1) is 12.4 Å². The molecule has 0 aromatic heterocycles. The van der Waals surface area contributed by atoms with Crippen molar-refractivity contribution in [2.75, 3.05) is 13.1 Å². The van der Waals surface area contributed by atoms with Crippen LogP contribution in [0.4, 0.5) is 0 Å². The van der Waals surface area contributed by atoms with Crippen molar-refractivity contribution in [2.45, 2.75) is 46.1 Å². The van der Waals surface area contributed by atoms with Gasteiger partial charge in [-0.25, -0.2) is 0 Å². The highest BCUT2D eigenvalue weighted by molar-refractivity contribution is 5.85. The van der Waals surface area contributed by atoms with Crippen molar-refractivity contribution in [1.82, 2.24) is 4.90 Å².